The normalized spacial score (nSPS) is 13.5. The predicted molar refractivity (Wildman–Crippen MR) is 198 cm³/mol. The Kier molecular flexibility index (Phi) is 6.83. The molecule has 1 unspecified atom stereocenters. The Bertz CT molecular complexity index is 2290. The fraction of sp³-hybridized carbons (Fsp3) is 0.0227. The van der Waals surface area contributed by atoms with E-state index in [1.807, 2.05) is 18.2 Å². The van der Waals surface area contributed by atoms with E-state index >= 15 is 0 Å². The number of pyridine rings is 1. The molecular weight excluding hydrogens is 587 g/mol. The van der Waals surface area contributed by atoms with Gasteiger partial charge in [0.25, 0.3) is 0 Å². The van der Waals surface area contributed by atoms with Gasteiger partial charge in [-0.25, -0.2) is 0 Å². The smallest absolute Gasteiger partial charge is 0.213 e. The first kappa shape index (κ1) is 27.9. The van der Waals surface area contributed by atoms with Crippen molar-refractivity contribution in [1.82, 2.24) is 4.98 Å². The van der Waals surface area contributed by atoms with Gasteiger partial charge in [0.15, 0.2) is 0 Å². The summed E-state index contributed by atoms with van der Waals surface area (Å²) in [5.41, 5.74) is 9.88. The monoisotopic (exact) mass is 617 g/mol. The quantitative estimate of drug-likeness (QED) is 0.188. The minimum atomic E-state index is -0.340. The number of anilines is 4. The zero-order chi connectivity index (χ0) is 31.9. The summed E-state index contributed by atoms with van der Waals surface area (Å²) < 4.78 is 6.38. The molecule has 7 aromatic carbocycles. The van der Waals surface area contributed by atoms with Crippen LogP contribution in [0.2, 0.25) is 0 Å². The van der Waals surface area contributed by atoms with Crippen LogP contribution in [0.1, 0.15) is 11.9 Å². The highest BCUT2D eigenvalue weighted by atomic mass is 16.5. The summed E-state index contributed by atoms with van der Waals surface area (Å²) in [6.07, 6.45) is 1.46. The molecule has 1 aromatic heterocycles. The maximum Gasteiger partial charge on any atom is 0.213 e. The van der Waals surface area contributed by atoms with Gasteiger partial charge in [0.1, 0.15) is 11.4 Å². The van der Waals surface area contributed by atoms with Gasteiger partial charge in [-0.1, -0.05) is 115 Å². The lowest BCUT2D eigenvalue weighted by atomic mass is 9.98. The van der Waals surface area contributed by atoms with Crippen LogP contribution in [0.15, 0.2) is 176 Å². The molecule has 1 aliphatic heterocycles. The Morgan fingerprint density at radius 1 is 0.500 bits per heavy atom. The molecule has 0 bridgehead atoms. The summed E-state index contributed by atoms with van der Waals surface area (Å²) in [5, 5.41) is 8.27. The number of aromatic nitrogens is 1. The molecule has 1 N–H and O–H groups in total. The topological polar surface area (TPSA) is 37.4 Å². The first-order valence-corrected chi connectivity index (χ1v) is 16.2. The third kappa shape index (κ3) is 5.01. The van der Waals surface area contributed by atoms with Crippen LogP contribution >= 0.6 is 0 Å². The molecule has 0 radical (unpaired) electrons. The third-order valence-electron chi connectivity index (χ3n) is 9.15. The van der Waals surface area contributed by atoms with E-state index in [1.165, 1.54) is 27.6 Å². The number of hydrogen-bond donors (Lipinski definition) is 1. The van der Waals surface area contributed by atoms with Gasteiger partial charge in [0, 0.05) is 28.6 Å². The Morgan fingerprint density at radius 2 is 1.04 bits per heavy atom. The second-order valence-electron chi connectivity index (χ2n) is 12.1. The van der Waals surface area contributed by atoms with Crippen molar-refractivity contribution in [2.75, 3.05) is 10.2 Å². The van der Waals surface area contributed by atoms with Crippen molar-refractivity contribution in [3.8, 4) is 28.0 Å². The van der Waals surface area contributed by atoms with Crippen molar-refractivity contribution in [2.24, 2.45) is 0 Å². The largest absolute Gasteiger partial charge is 0.463 e. The lowest BCUT2D eigenvalue weighted by Crippen LogP contribution is -2.11. The van der Waals surface area contributed by atoms with Crippen molar-refractivity contribution < 1.29 is 4.74 Å². The van der Waals surface area contributed by atoms with Gasteiger partial charge in [0.2, 0.25) is 6.23 Å². The maximum atomic E-state index is 6.38. The molecular formula is C44H31N3O. The average molecular weight is 618 g/mol. The summed E-state index contributed by atoms with van der Waals surface area (Å²) in [4.78, 5) is 6.89. The van der Waals surface area contributed by atoms with Crippen LogP contribution in [0.3, 0.4) is 0 Å². The standard InChI is InChI=1S/C44H31N3O/c1-3-9-30(10-4-1)32-16-22-36(23-17-32)47(37-24-18-33(19-25-37)31-11-5-2-6-12-31)38-26-20-34-14-15-35-21-27-41-43(42(35)39(34)29-38)46-44(48-41)40-13-7-8-28-45-40/h1-29,44,46H. The molecule has 1 aliphatic rings. The predicted octanol–water partition coefficient (Wildman–Crippen LogP) is 11.7. The molecule has 4 heteroatoms. The zero-order valence-electron chi connectivity index (χ0n) is 26.1. The summed E-state index contributed by atoms with van der Waals surface area (Å²) in [5.74, 6) is 0.834. The number of nitrogens with one attached hydrogen (secondary N) is 1. The van der Waals surface area contributed by atoms with Crippen LogP contribution in [0.25, 0.3) is 43.8 Å². The molecule has 4 nitrogen and oxygen atoms in total. The lowest BCUT2D eigenvalue weighted by Gasteiger charge is -2.26. The van der Waals surface area contributed by atoms with Crippen molar-refractivity contribution in [1.29, 1.82) is 0 Å². The van der Waals surface area contributed by atoms with Crippen molar-refractivity contribution in [3.63, 3.8) is 0 Å². The molecule has 0 aliphatic carbocycles. The molecule has 0 spiro atoms. The highest BCUT2D eigenvalue weighted by molar-refractivity contribution is 6.16. The van der Waals surface area contributed by atoms with Gasteiger partial charge in [-0.2, -0.15) is 0 Å². The Labute approximate surface area is 279 Å². The van der Waals surface area contributed by atoms with E-state index in [9.17, 15) is 0 Å². The van der Waals surface area contributed by atoms with Crippen molar-refractivity contribution in [3.05, 3.63) is 182 Å². The van der Waals surface area contributed by atoms with Crippen LogP contribution in [-0.4, -0.2) is 4.98 Å². The Balaban J connectivity index is 1.18. The lowest BCUT2D eigenvalue weighted by molar-refractivity contribution is 0.254. The fourth-order valence-corrected chi connectivity index (χ4v) is 6.76. The van der Waals surface area contributed by atoms with Gasteiger partial charge in [0.05, 0.1) is 5.69 Å². The first-order chi connectivity index (χ1) is 23.8. The number of benzene rings is 7. The Hall–Kier alpha value is -6.39. The van der Waals surface area contributed by atoms with Crippen molar-refractivity contribution in [2.45, 2.75) is 6.23 Å². The fourth-order valence-electron chi connectivity index (χ4n) is 6.76. The number of rotatable bonds is 6. The number of nitrogens with zero attached hydrogens (tertiary/aromatic N) is 2. The van der Waals surface area contributed by atoms with E-state index in [2.05, 4.69) is 167 Å². The molecule has 8 aromatic rings. The summed E-state index contributed by atoms with van der Waals surface area (Å²) in [6, 6.07) is 60.0. The van der Waals surface area contributed by atoms with Crippen LogP contribution in [0, 0.1) is 0 Å². The molecule has 0 saturated heterocycles. The van der Waals surface area contributed by atoms with Gasteiger partial charge in [-0.15, -0.1) is 0 Å². The van der Waals surface area contributed by atoms with E-state index < -0.39 is 0 Å². The van der Waals surface area contributed by atoms with Gasteiger partial charge in [-0.3, -0.25) is 4.98 Å². The average Bonchev–Trinajstić information content (AvgIpc) is 3.61. The van der Waals surface area contributed by atoms with E-state index in [4.69, 9.17) is 4.74 Å². The van der Waals surface area contributed by atoms with E-state index in [0.29, 0.717) is 0 Å². The highest BCUT2D eigenvalue weighted by Gasteiger charge is 2.27. The second-order valence-corrected chi connectivity index (χ2v) is 12.1. The van der Waals surface area contributed by atoms with Crippen LogP contribution in [-0.2, 0) is 0 Å². The molecule has 9 rings (SSSR count). The van der Waals surface area contributed by atoms with Gasteiger partial charge < -0.3 is 15.0 Å². The number of hydrogen-bond acceptors (Lipinski definition) is 4. The molecule has 0 amide bonds. The van der Waals surface area contributed by atoms with Crippen LogP contribution in [0.5, 0.6) is 5.75 Å². The van der Waals surface area contributed by atoms with Gasteiger partial charge in [-0.05, 0) is 93.0 Å². The first-order valence-electron chi connectivity index (χ1n) is 16.2. The van der Waals surface area contributed by atoms with E-state index in [0.717, 1.165) is 50.4 Å². The second kappa shape index (κ2) is 11.8. The summed E-state index contributed by atoms with van der Waals surface area (Å²) in [6.45, 7) is 0. The third-order valence-corrected chi connectivity index (χ3v) is 9.15. The molecule has 1 atom stereocenters. The molecule has 228 valence electrons. The van der Waals surface area contributed by atoms with Gasteiger partial charge >= 0.3 is 0 Å². The van der Waals surface area contributed by atoms with Crippen LogP contribution in [0.4, 0.5) is 22.7 Å². The minimum Gasteiger partial charge on any atom is -0.463 e. The maximum absolute atomic E-state index is 6.38. The molecule has 2 heterocycles. The molecule has 0 saturated carbocycles. The molecule has 48 heavy (non-hydrogen) atoms. The van der Waals surface area contributed by atoms with E-state index in [1.54, 1.807) is 6.20 Å². The summed E-state index contributed by atoms with van der Waals surface area (Å²) >= 11 is 0. The van der Waals surface area contributed by atoms with Crippen LogP contribution < -0.4 is 15.0 Å². The minimum absolute atomic E-state index is 0.340. The summed E-state index contributed by atoms with van der Waals surface area (Å²) in [7, 11) is 0. The van der Waals surface area contributed by atoms with E-state index in [-0.39, 0.29) is 6.23 Å². The number of ether oxygens (including phenoxy) is 1. The Morgan fingerprint density at radius 3 is 1.67 bits per heavy atom. The SMILES string of the molecule is c1ccc(-c2ccc(N(c3ccc(-c4ccccc4)cc3)c3ccc4ccc5ccc6c(c5c4c3)NC(c3ccccn3)O6)cc2)cc1. The number of fused-ring (bicyclic) bond motifs is 5. The zero-order valence-corrected chi connectivity index (χ0v) is 26.1. The molecule has 0 fully saturated rings. The highest BCUT2D eigenvalue weighted by Crippen LogP contribution is 2.46. The van der Waals surface area contributed by atoms with Crippen molar-refractivity contribution >= 4 is 44.3 Å².